The monoisotopic (exact) mass is 548 g/mol. The maximum atomic E-state index is 10.9. The number of thioether (sulfide) groups is 1. The number of hydrogen-bond acceptors (Lipinski definition) is 16. The lowest BCUT2D eigenvalue weighted by Gasteiger charge is -2.48. The molecule has 3 heterocycles. The Morgan fingerprint density at radius 1 is 0.556 bits per heavy atom. The molecule has 0 unspecified atom stereocenters. The van der Waals surface area contributed by atoms with Crippen molar-refractivity contribution < 1.29 is 74.7 Å². The van der Waals surface area contributed by atoms with E-state index in [2.05, 4.69) is 0 Å². The Morgan fingerprint density at radius 2 is 1.08 bits per heavy atom. The molecule has 3 rings (SSSR count). The Balaban J connectivity index is 1.77. The van der Waals surface area contributed by atoms with Crippen LogP contribution in [0.3, 0.4) is 0 Å². The Labute approximate surface area is 210 Å². The number of aliphatic hydroxyl groups is 10. The van der Waals surface area contributed by atoms with E-state index in [1.165, 1.54) is 11.8 Å². The predicted molar refractivity (Wildman–Crippen MR) is 117 cm³/mol. The fourth-order valence-electron chi connectivity index (χ4n) is 4.34. The third-order valence-corrected chi connectivity index (χ3v) is 7.46. The van der Waals surface area contributed by atoms with Crippen LogP contribution in [0.1, 0.15) is 6.92 Å². The van der Waals surface area contributed by atoms with Gasteiger partial charge in [0.05, 0.1) is 19.8 Å². The molecule has 3 fully saturated rings. The van der Waals surface area contributed by atoms with Gasteiger partial charge in [0, 0.05) is 0 Å². The quantitative estimate of drug-likeness (QED) is 0.129. The van der Waals surface area contributed by atoms with Crippen molar-refractivity contribution in [3.05, 3.63) is 0 Å². The largest absolute Gasteiger partial charge is 0.394 e. The fourth-order valence-corrected chi connectivity index (χ4v) is 5.25. The van der Waals surface area contributed by atoms with Crippen molar-refractivity contribution in [3.8, 4) is 0 Å². The van der Waals surface area contributed by atoms with Crippen LogP contribution in [-0.4, -0.2) is 168 Å². The van der Waals surface area contributed by atoms with Gasteiger partial charge in [-0.25, -0.2) is 0 Å². The van der Waals surface area contributed by atoms with Crippen molar-refractivity contribution in [2.24, 2.45) is 0 Å². The highest BCUT2D eigenvalue weighted by Crippen LogP contribution is 2.34. The molecule has 16 heteroatoms. The van der Waals surface area contributed by atoms with Crippen LogP contribution in [0.2, 0.25) is 0 Å². The minimum atomic E-state index is -1.85. The lowest BCUT2D eigenvalue weighted by Crippen LogP contribution is -2.66. The fraction of sp³-hybridized carbons (Fsp3) is 1.00. The highest BCUT2D eigenvalue weighted by Gasteiger charge is 2.53. The van der Waals surface area contributed by atoms with E-state index in [-0.39, 0.29) is 0 Å². The smallest absolute Gasteiger partial charge is 0.187 e. The van der Waals surface area contributed by atoms with Crippen LogP contribution in [-0.2, 0) is 23.7 Å². The first kappa shape index (κ1) is 30.3. The standard InChI is InChI=1S/C20H36O15S/c1-2-36-20-14(29)12(27)16(8(5-23)33-20)34-19-15(30)17(10(25)7(4-22)32-19)35-18-13(28)11(26)9(24)6(3-21)31-18/h6-30H,2-5H2,1H3/t6-,7-,8-,9+,10+,11+,12-,13-,14-,15-,16-,17+,18-,19+,20+/m1/s1. The number of aliphatic hydroxyl groups excluding tert-OH is 10. The predicted octanol–water partition coefficient (Wildman–Crippen LogP) is -5.81. The van der Waals surface area contributed by atoms with Crippen LogP contribution >= 0.6 is 11.8 Å². The second kappa shape index (κ2) is 13.2. The van der Waals surface area contributed by atoms with Gasteiger partial charge in [-0.3, -0.25) is 0 Å². The second-order valence-corrected chi connectivity index (χ2v) is 10.1. The first-order chi connectivity index (χ1) is 17.1. The van der Waals surface area contributed by atoms with Crippen LogP contribution in [0.5, 0.6) is 0 Å². The van der Waals surface area contributed by atoms with Gasteiger partial charge < -0.3 is 74.7 Å². The zero-order chi connectivity index (χ0) is 26.7. The summed E-state index contributed by atoms with van der Waals surface area (Å²) in [7, 11) is 0. The van der Waals surface area contributed by atoms with Gasteiger partial charge >= 0.3 is 0 Å². The molecule has 3 aliphatic heterocycles. The third-order valence-electron chi connectivity index (χ3n) is 6.40. The Bertz CT molecular complexity index is 673. The van der Waals surface area contributed by atoms with E-state index in [9.17, 15) is 51.1 Å². The molecule has 36 heavy (non-hydrogen) atoms. The SMILES string of the molecule is CCS[C@@H]1O[C@H](CO)[C@@H](O[C@@H]2O[C@H](CO)[C@H](O)[C@H](O[C@H]3O[C@H](CO)[C@H](O)[C@H](O)[C@H]3O)[C@H]2O)[C@H](O)[C@H]1O. The van der Waals surface area contributed by atoms with E-state index in [1.54, 1.807) is 0 Å². The minimum absolute atomic E-state index is 0.551. The highest BCUT2D eigenvalue weighted by atomic mass is 32.2. The van der Waals surface area contributed by atoms with Gasteiger partial charge in [0.25, 0.3) is 0 Å². The van der Waals surface area contributed by atoms with Crippen LogP contribution in [0, 0.1) is 0 Å². The normalized spacial score (nSPS) is 50.2. The van der Waals surface area contributed by atoms with E-state index in [1.807, 2.05) is 6.92 Å². The maximum absolute atomic E-state index is 10.9. The summed E-state index contributed by atoms with van der Waals surface area (Å²) in [6, 6.07) is 0. The molecule has 0 radical (unpaired) electrons. The lowest BCUT2D eigenvalue weighted by atomic mass is 9.96. The molecular formula is C20H36O15S. The van der Waals surface area contributed by atoms with Crippen molar-refractivity contribution in [1.82, 2.24) is 0 Å². The average Bonchev–Trinajstić information content (AvgIpc) is 2.87. The van der Waals surface area contributed by atoms with Gasteiger partial charge in [0.1, 0.15) is 78.7 Å². The average molecular weight is 549 g/mol. The zero-order valence-electron chi connectivity index (χ0n) is 19.4. The summed E-state index contributed by atoms with van der Waals surface area (Å²) in [6.45, 7) is -0.315. The number of rotatable bonds is 9. The molecule has 212 valence electrons. The van der Waals surface area contributed by atoms with Gasteiger partial charge in [0.15, 0.2) is 12.6 Å². The molecule has 0 bridgehead atoms. The molecule has 3 aliphatic rings. The molecule has 15 atom stereocenters. The number of hydrogen-bond donors (Lipinski definition) is 10. The molecule has 0 aromatic carbocycles. The second-order valence-electron chi connectivity index (χ2n) is 8.77. The lowest BCUT2D eigenvalue weighted by molar-refractivity contribution is -0.372. The molecule has 0 amide bonds. The first-order valence-electron chi connectivity index (χ1n) is 11.6. The van der Waals surface area contributed by atoms with Gasteiger partial charge in [-0.1, -0.05) is 6.92 Å². The Kier molecular flexibility index (Phi) is 11.1. The summed E-state index contributed by atoms with van der Waals surface area (Å²) in [6.07, 6.45) is -22.2. The summed E-state index contributed by atoms with van der Waals surface area (Å²) in [5.41, 5.74) is -0.853. The summed E-state index contributed by atoms with van der Waals surface area (Å²) < 4.78 is 27.4. The number of ether oxygens (including phenoxy) is 5. The van der Waals surface area contributed by atoms with E-state index >= 15 is 0 Å². The molecule has 0 saturated carbocycles. The minimum Gasteiger partial charge on any atom is -0.394 e. The van der Waals surface area contributed by atoms with Crippen LogP contribution in [0.4, 0.5) is 0 Å². The molecular weight excluding hydrogens is 512 g/mol. The van der Waals surface area contributed by atoms with Crippen molar-refractivity contribution >= 4 is 11.8 Å². The van der Waals surface area contributed by atoms with Gasteiger partial charge in [-0.2, -0.15) is 0 Å². The molecule has 0 aromatic heterocycles. The maximum Gasteiger partial charge on any atom is 0.187 e. The first-order valence-corrected chi connectivity index (χ1v) is 12.6. The summed E-state index contributed by atoms with van der Waals surface area (Å²) in [4.78, 5) is 0. The molecule has 10 N–H and O–H groups in total. The van der Waals surface area contributed by atoms with Gasteiger partial charge in [-0.05, 0) is 5.75 Å². The van der Waals surface area contributed by atoms with E-state index in [0.29, 0.717) is 5.75 Å². The Hall–Kier alpha value is -0.250. The summed E-state index contributed by atoms with van der Waals surface area (Å²) in [5, 5.41) is 101. The van der Waals surface area contributed by atoms with Gasteiger partial charge in [-0.15, -0.1) is 11.8 Å². The highest BCUT2D eigenvalue weighted by molar-refractivity contribution is 7.99. The van der Waals surface area contributed by atoms with Crippen LogP contribution < -0.4 is 0 Å². The molecule has 0 aromatic rings. The Morgan fingerprint density at radius 3 is 1.64 bits per heavy atom. The van der Waals surface area contributed by atoms with Crippen molar-refractivity contribution in [1.29, 1.82) is 0 Å². The third kappa shape index (κ3) is 6.15. The summed E-state index contributed by atoms with van der Waals surface area (Å²) >= 11 is 1.20. The van der Waals surface area contributed by atoms with Crippen molar-refractivity contribution in [2.75, 3.05) is 25.6 Å². The topological polar surface area (TPSA) is 248 Å². The van der Waals surface area contributed by atoms with Crippen LogP contribution in [0.15, 0.2) is 0 Å². The molecule has 3 saturated heterocycles. The molecule has 0 spiro atoms. The molecule has 0 aliphatic carbocycles. The van der Waals surface area contributed by atoms with E-state index in [4.69, 9.17) is 23.7 Å². The summed E-state index contributed by atoms with van der Waals surface area (Å²) in [5.74, 6) is 0.551. The zero-order valence-corrected chi connectivity index (χ0v) is 20.2. The van der Waals surface area contributed by atoms with Crippen LogP contribution in [0.25, 0.3) is 0 Å². The van der Waals surface area contributed by atoms with Crippen molar-refractivity contribution in [2.45, 2.75) is 98.2 Å². The molecule has 15 nitrogen and oxygen atoms in total. The van der Waals surface area contributed by atoms with E-state index < -0.39 is 111 Å². The van der Waals surface area contributed by atoms with Crippen molar-refractivity contribution in [3.63, 3.8) is 0 Å². The van der Waals surface area contributed by atoms with Gasteiger partial charge in [0.2, 0.25) is 0 Å². The van der Waals surface area contributed by atoms with E-state index in [0.717, 1.165) is 0 Å².